The molecule has 0 aromatic heterocycles. The van der Waals surface area contributed by atoms with Crippen molar-refractivity contribution in [2.24, 2.45) is 11.8 Å². The first-order valence-corrected chi connectivity index (χ1v) is 35.0. The van der Waals surface area contributed by atoms with Gasteiger partial charge in [0.25, 0.3) is 0 Å². The van der Waals surface area contributed by atoms with E-state index < -0.39 is 97.5 Å². The van der Waals surface area contributed by atoms with E-state index in [9.17, 15) is 43.2 Å². The average Bonchev–Trinajstić information content (AvgIpc) is 3.41. The predicted molar refractivity (Wildman–Crippen MR) is 317 cm³/mol. The molecule has 2 unspecified atom stereocenters. The minimum absolute atomic E-state index is 0.105. The van der Waals surface area contributed by atoms with Crippen LogP contribution in [0, 0.1) is 11.8 Å². The molecule has 19 heteroatoms. The third kappa shape index (κ3) is 55.3. The van der Waals surface area contributed by atoms with Crippen LogP contribution in [0.25, 0.3) is 0 Å². The number of hydrogen-bond donors (Lipinski definition) is 3. The van der Waals surface area contributed by atoms with Gasteiger partial charge in [-0.15, -0.1) is 0 Å². The van der Waals surface area contributed by atoms with E-state index >= 15 is 0 Å². The molecule has 0 aliphatic heterocycles. The quantitative estimate of drug-likeness (QED) is 0.0222. The number of hydrogen-bond acceptors (Lipinski definition) is 15. The molecule has 0 aliphatic carbocycles. The lowest BCUT2D eigenvalue weighted by atomic mass is 10.0. The molecular formula is C61H118O17P2. The van der Waals surface area contributed by atoms with E-state index in [1.807, 2.05) is 0 Å². The zero-order valence-electron chi connectivity index (χ0n) is 51.4. The summed E-state index contributed by atoms with van der Waals surface area (Å²) in [6.45, 7) is 9.37. The summed E-state index contributed by atoms with van der Waals surface area (Å²) in [5, 5.41) is 10.5. The Hall–Kier alpha value is -1.94. The van der Waals surface area contributed by atoms with Crippen molar-refractivity contribution in [2.45, 2.75) is 317 Å². The minimum Gasteiger partial charge on any atom is -0.462 e. The number of rotatable bonds is 60. The number of ether oxygens (including phenoxy) is 4. The van der Waals surface area contributed by atoms with Crippen molar-refractivity contribution >= 4 is 39.5 Å². The van der Waals surface area contributed by atoms with Crippen molar-refractivity contribution in [2.75, 3.05) is 39.6 Å². The summed E-state index contributed by atoms with van der Waals surface area (Å²) >= 11 is 0. The maximum Gasteiger partial charge on any atom is 0.472 e. The molecule has 0 spiro atoms. The van der Waals surface area contributed by atoms with Crippen LogP contribution in [-0.2, 0) is 65.4 Å². The van der Waals surface area contributed by atoms with Gasteiger partial charge in [0.1, 0.15) is 19.3 Å². The molecule has 0 aromatic carbocycles. The van der Waals surface area contributed by atoms with Crippen LogP contribution in [0.3, 0.4) is 0 Å². The van der Waals surface area contributed by atoms with Gasteiger partial charge in [-0.25, -0.2) is 9.13 Å². The SMILES string of the molecule is CCCCCCCCCCCC(=O)O[C@H](COC(=O)CCCCCCCCC)COP(=O)(O)OC[C@H](O)COP(=O)(O)OC[C@@H](COC(=O)CCCCCCCCCCC(C)C)OC(=O)CCCCCCCCCCCCC(C)C. The first-order valence-electron chi connectivity index (χ1n) is 32.0. The number of phosphoric acid groups is 2. The molecule has 0 heterocycles. The van der Waals surface area contributed by atoms with E-state index in [2.05, 4.69) is 41.5 Å². The van der Waals surface area contributed by atoms with Crippen LogP contribution in [0.2, 0.25) is 0 Å². The highest BCUT2D eigenvalue weighted by Crippen LogP contribution is 2.45. The molecule has 80 heavy (non-hydrogen) atoms. The molecule has 0 amide bonds. The Morgan fingerprint density at radius 2 is 0.575 bits per heavy atom. The third-order valence-corrected chi connectivity index (χ3v) is 15.9. The Kier molecular flexibility index (Phi) is 52.5. The highest BCUT2D eigenvalue weighted by atomic mass is 31.2. The van der Waals surface area contributed by atoms with E-state index in [-0.39, 0.29) is 25.7 Å². The number of aliphatic hydroxyl groups is 1. The zero-order chi connectivity index (χ0) is 59.4. The third-order valence-electron chi connectivity index (χ3n) is 14.0. The van der Waals surface area contributed by atoms with E-state index in [0.717, 1.165) is 115 Å². The van der Waals surface area contributed by atoms with Crippen LogP contribution in [0.1, 0.15) is 298 Å². The Labute approximate surface area is 486 Å². The number of carbonyl (C=O) groups excluding carboxylic acids is 4. The molecule has 3 N–H and O–H groups in total. The summed E-state index contributed by atoms with van der Waals surface area (Å²) in [5.41, 5.74) is 0. The van der Waals surface area contributed by atoms with Crippen molar-refractivity contribution < 1.29 is 80.2 Å². The zero-order valence-corrected chi connectivity index (χ0v) is 53.2. The lowest BCUT2D eigenvalue weighted by Crippen LogP contribution is -2.30. The molecule has 0 rings (SSSR count). The molecule has 5 atom stereocenters. The van der Waals surface area contributed by atoms with E-state index in [4.69, 9.17) is 37.0 Å². The molecule has 0 bridgehead atoms. The standard InChI is InChI=1S/C61H118O17P2/c1-7-9-11-13-15-18-27-33-39-45-60(65)77-56(49-71-58(63)43-37-31-23-14-12-10-8-2)51-75-79(67,68)73-47-55(62)48-74-80(69,70)76-52-57(50-72-59(64)44-38-32-26-22-21-25-30-36-42-54(5)6)78-61(66)46-40-34-28-20-17-16-19-24-29-35-41-53(3)4/h53-57,62H,7-52H2,1-6H3,(H,67,68)(H,69,70)/t55-,56+,57+/m0/s1. The van der Waals surface area contributed by atoms with Crippen molar-refractivity contribution in [3.8, 4) is 0 Å². The van der Waals surface area contributed by atoms with Gasteiger partial charge in [-0.2, -0.15) is 0 Å². The topological polar surface area (TPSA) is 237 Å². The Morgan fingerprint density at radius 3 is 0.850 bits per heavy atom. The maximum atomic E-state index is 12.9. The van der Waals surface area contributed by atoms with Gasteiger partial charge in [-0.05, 0) is 37.5 Å². The van der Waals surface area contributed by atoms with Crippen LogP contribution in [-0.4, -0.2) is 96.7 Å². The number of aliphatic hydroxyl groups excluding tert-OH is 1. The maximum absolute atomic E-state index is 12.9. The number of esters is 4. The summed E-state index contributed by atoms with van der Waals surface area (Å²) in [4.78, 5) is 71.9. The second-order valence-electron chi connectivity index (χ2n) is 23.0. The van der Waals surface area contributed by atoms with Crippen molar-refractivity contribution in [3.63, 3.8) is 0 Å². The minimum atomic E-state index is -4.94. The van der Waals surface area contributed by atoms with Gasteiger partial charge in [0, 0.05) is 25.7 Å². The number of unbranched alkanes of at least 4 members (excludes halogenated alkanes) is 30. The molecule has 0 aliphatic rings. The largest absolute Gasteiger partial charge is 0.472 e. The smallest absolute Gasteiger partial charge is 0.462 e. The average molecular weight is 1190 g/mol. The first kappa shape index (κ1) is 78.1. The first-order chi connectivity index (χ1) is 38.4. The summed E-state index contributed by atoms with van der Waals surface area (Å²) in [7, 11) is -9.87. The second-order valence-corrected chi connectivity index (χ2v) is 25.9. The molecule has 0 fully saturated rings. The summed E-state index contributed by atoms with van der Waals surface area (Å²) in [6, 6.07) is 0. The second kappa shape index (κ2) is 53.8. The predicted octanol–water partition coefficient (Wildman–Crippen LogP) is 16.5. The Morgan fingerprint density at radius 1 is 0.338 bits per heavy atom. The van der Waals surface area contributed by atoms with Gasteiger partial charge in [0.2, 0.25) is 0 Å². The highest BCUT2D eigenvalue weighted by molar-refractivity contribution is 7.47. The Bertz CT molecular complexity index is 1580. The van der Waals surface area contributed by atoms with Crippen LogP contribution < -0.4 is 0 Å². The molecule has 0 radical (unpaired) electrons. The molecular weight excluding hydrogens is 1070 g/mol. The normalized spacial score (nSPS) is 14.4. The van der Waals surface area contributed by atoms with Crippen molar-refractivity contribution in [1.82, 2.24) is 0 Å². The highest BCUT2D eigenvalue weighted by Gasteiger charge is 2.30. The summed E-state index contributed by atoms with van der Waals surface area (Å²) < 4.78 is 67.7. The van der Waals surface area contributed by atoms with E-state index in [1.165, 1.54) is 103 Å². The van der Waals surface area contributed by atoms with Crippen molar-refractivity contribution in [1.29, 1.82) is 0 Å². The lowest BCUT2D eigenvalue weighted by molar-refractivity contribution is -0.161. The van der Waals surface area contributed by atoms with Gasteiger partial charge >= 0.3 is 39.5 Å². The summed E-state index contributed by atoms with van der Waals surface area (Å²) in [5.74, 6) is -0.665. The van der Waals surface area contributed by atoms with Crippen LogP contribution >= 0.6 is 15.6 Å². The van der Waals surface area contributed by atoms with Gasteiger partial charge in [0.15, 0.2) is 12.2 Å². The lowest BCUT2D eigenvalue weighted by Gasteiger charge is -2.21. The molecule has 0 saturated carbocycles. The van der Waals surface area contributed by atoms with Gasteiger partial charge in [0.05, 0.1) is 26.4 Å². The van der Waals surface area contributed by atoms with Crippen LogP contribution in [0.5, 0.6) is 0 Å². The fraction of sp³-hybridized carbons (Fsp3) is 0.934. The fourth-order valence-corrected chi connectivity index (χ4v) is 10.6. The van der Waals surface area contributed by atoms with Crippen LogP contribution in [0.15, 0.2) is 0 Å². The van der Waals surface area contributed by atoms with Crippen molar-refractivity contribution in [3.05, 3.63) is 0 Å². The van der Waals surface area contributed by atoms with E-state index in [1.54, 1.807) is 0 Å². The van der Waals surface area contributed by atoms with Crippen LogP contribution in [0.4, 0.5) is 0 Å². The molecule has 0 aromatic rings. The molecule has 0 saturated heterocycles. The number of phosphoric ester groups is 2. The van der Waals surface area contributed by atoms with Gasteiger partial charge in [-0.1, -0.05) is 247 Å². The van der Waals surface area contributed by atoms with E-state index in [0.29, 0.717) is 25.7 Å². The summed E-state index contributed by atoms with van der Waals surface area (Å²) in [6.07, 6.45) is 35.0. The Balaban J connectivity index is 5.22. The molecule has 17 nitrogen and oxygen atoms in total. The number of carbonyl (C=O) groups is 4. The van der Waals surface area contributed by atoms with Gasteiger partial charge < -0.3 is 33.8 Å². The monoisotopic (exact) mass is 1180 g/mol. The fourth-order valence-electron chi connectivity index (χ4n) is 9.00. The molecule has 474 valence electrons. The van der Waals surface area contributed by atoms with Gasteiger partial charge in [-0.3, -0.25) is 37.3 Å².